The van der Waals surface area contributed by atoms with Crippen LogP contribution in [0.3, 0.4) is 0 Å². The zero-order valence-corrected chi connectivity index (χ0v) is 15.0. The molecule has 0 unspecified atom stereocenters. The molecule has 0 aliphatic carbocycles. The van der Waals surface area contributed by atoms with Gasteiger partial charge in [0.05, 0.1) is 16.7 Å². The molecule has 0 fully saturated rings. The van der Waals surface area contributed by atoms with E-state index in [1.807, 2.05) is 0 Å². The van der Waals surface area contributed by atoms with Gasteiger partial charge in [0.2, 0.25) is 0 Å². The van der Waals surface area contributed by atoms with E-state index in [0.29, 0.717) is 11.1 Å². The predicted octanol–water partition coefficient (Wildman–Crippen LogP) is 2.16. The van der Waals surface area contributed by atoms with Gasteiger partial charge in [-0.15, -0.1) is 0 Å². The topological polar surface area (TPSA) is 129 Å². The Balaban J connectivity index is 1.61. The van der Waals surface area contributed by atoms with E-state index in [0.717, 1.165) is 17.1 Å². The number of hydrogen-bond acceptors (Lipinski definition) is 7. The molecule has 0 aliphatic rings. The number of amides is 1. The predicted molar refractivity (Wildman–Crippen MR) is 102 cm³/mol. The minimum absolute atomic E-state index is 0.213. The Morgan fingerprint density at radius 1 is 1.17 bits per heavy atom. The summed E-state index contributed by atoms with van der Waals surface area (Å²) in [6.07, 6.45) is 3.52. The van der Waals surface area contributed by atoms with Crippen LogP contribution < -0.4 is 10.2 Å². The number of carbonyl (C=O) groups excluding carboxylic acids is 2. The lowest BCUT2D eigenvalue weighted by molar-refractivity contribution is -0.385. The van der Waals surface area contributed by atoms with Crippen LogP contribution in [0.15, 0.2) is 72.1 Å². The Bertz CT molecular complexity index is 1060. The normalized spacial score (nSPS) is 10.6. The van der Waals surface area contributed by atoms with Crippen LogP contribution in [0.2, 0.25) is 0 Å². The number of carbonyl (C=O) groups is 2. The molecule has 146 valence electrons. The number of nitrogens with zero attached hydrogens (tertiary/aromatic N) is 4. The van der Waals surface area contributed by atoms with E-state index in [-0.39, 0.29) is 18.0 Å². The van der Waals surface area contributed by atoms with E-state index < -0.39 is 16.8 Å². The van der Waals surface area contributed by atoms with Crippen LogP contribution in [-0.2, 0) is 11.3 Å². The first-order chi connectivity index (χ1) is 14.0. The van der Waals surface area contributed by atoms with Crippen LogP contribution in [0.4, 0.5) is 5.69 Å². The Labute approximate surface area is 164 Å². The van der Waals surface area contributed by atoms with Crippen molar-refractivity contribution in [3.05, 3.63) is 88.2 Å². The lowest BCUT2D eigenvalue weighted by atomic mass is 10.2. The number of hydrazone groups is 1. The molecule has 10 heteroatoms. The highest BCUT2D eigenvalue weighted by atomic mass is 16.6. The largest absolute Gasteiger partial charge is 0.422 e. The maximum atomic E-state index is 12.2. The second-order valence-corrected chi connectivity index (χ2v) is 5.74. The monoisotopic (exact) mass is 393 g/mol. The third-order valence-electron chi connectivity index (χ3n) is 3.66. The molecule has 2 aromatic carbocycles. The molecule has 3 aromatic rings. The van der Waals surface area contributed by atoms with Crippen molar-refractivity contribution in [2.45, 2.75) is 6.54 Å². The average molecular weight is 393 g/mol. The molecule has 0 bridgehead atoms. The van der Waals surface area contributed by atoms with Gasteiger partial charge in [-0.2, -0.15) is 10.2 Å². The molecule has 0 saturated carbocycles. The SMILES string of the molecule is O=C(Cn1cc([N+](=O)[O-])cn1)N/N=C/c1ccccc1OC(=O)c1ccccc1. The van der Waals surface area contributed by atoms with Crippen LogP contribution in [-0.4, -0.2) is 32.8 Å². The van der Waals surface area contributed by atoms with Gasteiger partial charge < -0.3 is 4.74 Å². The van der Waals surface area contributed by atoms with Crippen molar-refractivity contribution >= 4 is 23.8 Å². The lowest BCUT2D eigenvalue weighted by Gasteiger charge is -2.07. The quantitative estimate of drug-likeness (QED) is 0.215. The highest BCUT2D eigenvalue weighted by Gasteiger charge is 2.12. The summed E-state index contributed by atoms with van der Waals surface area (Å²) in [5.74, 6) is -0.768. The third-order valence-corrected chi connectivity index (χ3v) is 3.66. The van der Waals surface area contributed by atoms with Gasteiger partial charge in [0.25, 0.3) is 5.91 Å². The molecule has 0 radical (unpaired) electrons. The second-order valence-electron chi connectivity index (χ2n) is 5.74. The number of esters is 1. The smallest absolute Gasteiger partial charge is 0.343 e. The molecule has 10 nitrogen and oxygen atoms in total. The van der Waals surface area contributed by atoms with E-state index >= 15 is 0 Å². The molecular weight excluding hydrogens is 378 g/mol. The molecule has 1 amide bonds. The Morgan fingerprint density at radius 2 is 1.90 bits per heavy atom. The molecule has 0 aliphatic heterocycles. The summed E-state index contributed by atoms with van der Waals surface area (Å²) in [5, 5.41) is 18.2. The van der Waals surface area contributed by atoms with Crippen LogP contribution in [0.25, 0.3) is 0 Å². The highest BCUT2D eigenvalue weighted by molar-refractivity contribution is 5.93. The van der Waals surface area contributed by atoms with Gasteiger partial charge >= 0.3 is 11.7 Å². The van der Waals surface area contributed by atoms with Gasteiger partial charge in [0, 0.05) is 5.56 Å². The van der Waals surface area contributed by atoms with Crippen LogP contribution >= 0.6 is 0 Å². The first-order valence-electron chi connectivity index (χ1n) is 8.38. The van der Waals surface area contributed by atoms with E-state index in [4.69, 9.17) is 4.74 Å². The molecular formula is C19H15N5O5. The lowest BCUT2D eigenvalue weighted by Crippen LogP contribution is -2.23. The van der Waals surface area contributed by atoms with Crippen molar-refractivity contribution in [2.24, 2.45) is 5.10 Å². The fraction of sp³-hybridized carbons (Fsp3) is 0.0526. The summed E-state index contributed by atoms with van der Waals surface area (Å²) in [4.78, 5) is 34.1. The molecule has 1 N–H and O–H groups in total. The van der Waals surface area contributed by atoms with Crippen LogP contribution in [0.1, 0.15) is 15.9 Å². The molecule has 0 saturated heterocycles. The molecule has 1 heterocycles. The standard InChI is InChI=1S/C19H15N5O5/c25-18(13-23-12-16(11-21-23)24(27)28)22-20-10-15-8-4-5-9-17(15)29-19(26)14-6-2-1-3-7-14/h1-12H,13H2,(H,22,25)/b20-10+. The van der Waals surface area contributed by atoms with Gasteiger partial charge in [-0.25, -0.2) is 10.2 Å². The number of nitrogens with one attached hydrogen (secondary N) is 1. The number of rotatable bonds is 7. The minimum atomic E-state index is -0.604. The molecule has 0 atom stereocenters. The summed E-state index contributed by atoms with van der Waals surface area (Å²) in [7, 11) is 0. The first kappa shape index (κ1) is 19.4. The average Bonchev–Trinajstić information content (AvgIpc) is 3.18. The Hall–Kier alpha value is -4.34. The Morgan fingerprint density at radius 3 is 2.62 bits per heavy atom. The van der Waals surface area contributed by atoms with Crippen molar-refractivity contribution < 1.29 is 19.2 Å². The van der Waals surface area contributed by atoms with Crippen molar-refractivity contribution in [1.82, 2.24) is 15.2 Å². The van der Waals surface area contributed by atoms with E-state index in [1.165, 1.54) is 6.21 Å². The molecule has 0 spiro atoms. The maximum absolute atomic E-state index is 12.2. The summed E-state index contributed by atoms with van der Waals surface area (Å²) >= 11 is 0. The number of nitro groups is 1. The molecule has 1 aromatic heterocycles. The number of para-hydroxylation sites is 1. The minimum Gasteiger partial charge on any atom is -0.422 e. The van der Waals surface area contributed by atoms with Crippen LogP contribution in [0.5, 0.6) is 5.75 Å². The molecule has 3 rings (SSSR count). The van der Waals surface area contributed by atoms with Crippen LogP contribution in [0, 0.1) is 10.1 Å². The molecule has 29 heavy (non-hydrogen) atoms. The summed E-state index contributed by atoms with van der Waals surface area (Å²) < 4.78 is 6.51. The zero-order chi connectivity index (χ0) is 20.6. The van der Waals surface area contributed by atoms with Gasteiger partial charge in [-0.3, -0.25) is 19.6 Å². The second kappa shape index (κ2) is 9.04. The zero-order valence-electron chi connectivity index (χ0n) is 15.0. The summed E-state index contributed by atoms with van der Waals surface area (Å²) in [6, 6.07) is 15.2. The summed E-state index contributed by atoms with van der Waals surface area (Å²) in [6.45, 7) is -0.240. The highest BCUT2D eigenvalue weighted by Crippen LogP contribution is 2.17. The van der Waals surface area contributed by atoms with Gasteiger partial charge in [0.15, 0.2) is 0 Å². The van der Waals surface area contributed by atoms with E-state index in [2.05, 4.69) is 15.6 Å². The van der Waals surface area contributed by atoms with Crippen molar-refractivity contribution in [1.29, 1.82) is 0 Å². The van der Waals surface area contributed by atoms with E-state index in [1.54, 1.807) is 54.6 Å². The number of benzene rings is 2. The fourth-order valence-electron chi connectivity index (χ4n) is 2.30. The number of hydrogen-bond donors (Lipinski definition) is 1. The van der Waals surface area contributed by atoms with E-state index in [9.17, 15) is 19.7 Å². The number of aromatic nitrogens is 2. The summed E-state index contributed by atoms with van der Waals surface area (Å²) in [5.41, 5.74) is 2.96. The fourth-order valence-corrected chi connectivity index (χ4v) is 2.30. The first-order valence-corrected chi connectivity index (χ1v) is 8.38. The van der Waals surface area contributed by atoms with Gasteiger partial charge in [0.1, 0.15) is 24.7 Å². The van der Waals surface area contributed by atoms with Crippen molar-refractivity contribution in [3.63, 3.8) is 0 Å². The van der Waals surface area contributed by atoms with Gasteiger partial charge in [-0.1, -0.05) is 30.3 Å². The maximum Gasteiger partial charge on any atom is 0.343 e. The van der Waals surface area contributed by atoms with Gasteiger partial charge in [-0.05, 0) is 24.3 Å². The van der Waals surface area contributed by atoms with Crippen molar-refractivity contribution in [3.8, 4) is 5.75 Å². The van der Waals surface area contributed by atoms with Crippen molar-refractivity contribution in [2.75, 3.05) is 0 Å². The number of ether oxygens (including phenoxy) is 1. The third kappa shape index (κ3) is 5.32. The Kier molecular flexibility index (Phi) is 6.05.